The Morgan fingerprint density at radius 1 is 1.45 bits per heavy atom. The van der Waals surface area contributed by atoms with Gasteiger partial charge in [-0.15, -0.1) is 0 Å². The second kappa shape index (κ2) is 5.94. The Labute approximate surface area is 127 Å². The number of carbonyl (C=O) groups excluding carboxylic acids is 1. The monoisotopic (exact) mass is 305 g/mol. The normalized spacial score (nSPS) is 15.3. The Hall–Kier alpha value is -2.12. The molecule has 2 aromatic rings. The van der Waals surface area contributed by atoms with E-state index >= 15 is 0 Å². The smallest absolute Gasteiger partial charge is 0.326 e. The van der Waals surface area contributed by atoms with E-state index in [0.717, 1.165) is 5.52 Å². The van der Waals surface area contributed by atoms with Crippen LogP contribution in [0.25, 0.3) is 11.0 Å². The fourth-order valence-electron chi connectivity index (χ4n) is 2.62. The van der Waals surface area contributed by atoms with Crippen LogP contribution in [0.5, 0.6) is 0 Å². The van der Waals surface area contributed by atoms with Crippen molar-refractivity contribution in [3.05, 3.63) is 34.2 Å². The fourth-order valence-corrected chi connectivity index (χ4v) is 2.62. The Morgan fingerprint density at radius 2 is 2.23 bits per heavy atom. The zero-order chi connectivity index (χ0) is 15.7. The Kier molecular flexibility index (Phi) is 4.00. The quantitative estimate of drug-likeness (QED) is 0.772. The van der Waals surface area contributed by atoms with Crippen LogP contribution in [0.1, 0.15) is 17.3 Å². The summed E-state index contributed by atoms with van der Waals surface area (Å²) in [6.07, 6.45) is -0.424. The summed E-state index contributed by atoms with van der Waals surface area (Å²) in [5.74, 6) is -0.130. The highest BCUT2D eigenvalue weighted by atomic mass is 16.5. The molecule has 0 spiro atoms. The number of likely N-dealkylation sites (tertiary alicyclic amines) is 1. The lowest BCUT2D eigenvalue weighted by atomic mass is 10.1. The molecule has 1 aliphatic rings. The predicted octanol–water partition coefficient (Wildman–Crippen LogP) is 0.183. The molecule has 0 aliphatic carbocycles. The number of aromatic amines is 1. The van der Waals surface area contributed by atoms with Gasteiger partial charge in [-0.2, -0.15) is 0 Å². The van der Waals surface area contributed by atoms with Crippen molar-refractivity contribution in [2.75, 3.05) is 26.3 Å². The van der Waals surface area contributed by atoms with Gasteiger partial charge in [-0.1, -0.05) is 0 Å². The number of H-pyrrole nitrogens is 1. The van der Waals surface area contributed by atoms with Crippen molar-refractivity contribution in [2.24, 2.45) is 0 Å². The maximum absolute atomic E-state index is 12.2. The van der Waals surface area contributed by atoms with Crippen molar-refractivity contribution >= 4 is 16.9 Å². The summed E-state index contributed by atoms with van der Waals surface area (Å²) in [6.45, 7) is 4.18. The molecule has 1 aromatic carbocycles. The molecule has 0 bridgehead atoms. The number of rotatable bonds is 5. The highest BCUT2D eigenvalue weighted by molar-refractivity contribution is 5.97. The number of aromatic nitrogens is 2. The second-order valence-corrected chi connectivity index (χ2v) is 5.37. The molecular formula is C15H19N3O4. The number of amides is 1. The van der Waals surface area contributed by atoms with Gasteiger partial charge in [0.1, 0.15) is 0 Å². The summed E-state index contributed by atoms with van der Waals surface area (Å²) < 4.78 is 6.88. The van der Waals surface area contributed by atoms with Crippen LogP contribution in [0.4, 0.5) is 0 Å². The molecule has 0 radical (unpaired) electrons. The van der Waals surface area contributed by atoms with Crippen molar-refractivity contribution in [3.63, 3.8) is 0 Å². The van der Waals surface area contributed by atoms with Gasteiger partial charge in [0, 0.05) is 25.3 Å². The van der Waals surface area contributed by atoms with Crippen LogP contribution in [0, 0.1) is 0 Å². The van der Waals surface area contributed by atoms with E-state index in [2.05, 4.69) is 4.98 Å². The molecule has 1 aliphatic heterocycles. The van der Waals surface area contributed by atoms with Gasteiger partial charge in [0.25, 0.3) is 5.91 Å². The van der Waals surface area contributed by atoms with Crippen molar-refractivity contribution in [1.82, 2.24) is 14.5 Å². The highest BCUT2D eigenvalue weighted by Crippen LogP contribution is 2.17. The van der Waals surface area contributed by atoms with Crippen LogP contribution in [0.15, 0.2) is 23.0 Å². The number of nitrogens with zero attached hydrogens (tertiary/aromatic N) is 2. The molecule has 7 nitrogen and oxygen atoms in total. The fraction of sp³-hybridized carbons (Fsp3) is 0.467. The number of fused-ring (bicyclic) bond motifs is 1. The summed E-state index contributed by atoms with van der Waals surface area (Å²) >= 11 is 0. The second-order valence-electron chi connectivity index (χ2n) is 5.37. The first-order valence-electron chi connectivity index (χ1n) is 7.37. The third-order valence-electron chi connectivity index (χ3n) is 3.83. The maximum atomic E-state index is 12.2. The van der Waals surface area contributed by atoms with Gasteiger partial charge in [-0.3, -0.25) is 9.36 Å². The Morgan fingerprint density at radius 3 is 2.91 bits per heavy atom. The number of benzene rings is 1. The van der Waals surface area contributed by atoms with E-state index in [-0.39, 0.29) is 11.6 Å². The third kappa shape index (κ3) is 2.65. The first-order chi connectivity index (χ1) is 10.6. The number of imidazole rings is 1. The number of nitrogens with one attached hydrogen (secondary N) is 1. The third-order valence-corrected chi connectivity index (χ3v) is 3.83. The highest BCUT2D eigenvalue weighted by Gasteiger charge is 2.29. The average Bonchev–Trinajstić information content (AvgIpc) is 2.79. The van der Waals surface area contributed by atoms with E-state index in [0.29, 0.717) is 43.9 Å². The zero-order valence-corrected chi connectivity index (χ0v) is 12.4. The number of carbonyl (C=O) groups is 1. The van der Waals surface area contributed by atoms with Gasteiger partial charge in [-0.25, -0.2) is 4.79 Å². The predicted molar refractivity (Wildman–Crippen MR) is 81.0 cm³/mol. The van der Waals surface area contributed by atoms with Crippen LogP contribution in [0.2, 0.25) is 0 Å². The molecule has 22 heavy (non-hydrogen) atoms. The summed E-state index contributed by atoms with van der Waals surface area (Å²) in [5.41, 5.74) is 1.69. The number of hydrogen-bond donors (Lipinski definition) is 2. The average molecular weight is 305 g/mol. The molecule has 1 amide bonds. The van der Waals surface area contributed by atoms with Crippen LogP contribution >= 0.6 is 0 Å². The molecular weight excluding hydrogens is 286 g/mol. The van der Waals surface area contributed by atoms with Gasteiger partial charge in [-0.05, 0) is 25.1 Å². The molecule has 1 saturated heterocycles. The summed E-state index contributed by atoms with van der Waals surface area (Å²) in [4.78, 5) is 28.5. The lowest BCUT2D eigenvalue weighted by Crippen LogP contribution is -2.53. The van der Waals surface area contributed by atoms with Crippen LogP contribution in [-0.4, -0.2) is 57.9 Å². The summed E-state index contributed by atoms with van der Waals surface area (Å²) in [7, 11) is 0. The van der Waals surface area contributed by atoms with E-state index in [9.17, 15) is 14.7 Å². The molecule has 7 heteroatoms. The minimum atomic E-state index is -0.424. The Bertz CT molecular complexity index is 743. The van der Waals surface area contributed by atoms with Crippen molar-refractivity contribution in [3.8, 4) is 0 Å². The summed E-state index contributed by atoms with van der Waals surface area (Å²) in [6, 6.07) is 5.16. The van der Waals surface area contributed by atoms with E-state index in [1.807, 2.05) is 6.92 Å². The van der Waals surface area contributed by atoms with Gasteiger partial charge < -0.3 is 19.7 Å². The first-order valence-corrected chi connectivity index (χ1v) is 7.37. The van der Waals surface area contributed by atoms with Crippen LogP contribution in [0.3, 0.4) is 0 Å². The standard InChI is InChI=1S/C15H19N3O4/c1-2-22-6-5-18-13-4-3-10(7-12(13)16-15(18)21)14(20)17-8-11(19)9-17/h3-4,7,11,19H,2,5-6,8-9H2,1H3,(H,16,21). The number of aliphatic hydroxyl groups excluding tert-OH is 1. The minimum Gasteiger partial charge on any atom is -0.389 e. The van der Waals surface area contributed by atoms with Gasteiger partial charge >= 0.3 is 5.69 Å². The maximum Gasteiger partial charge on any atom is 0.326 e. The van der Waals surface area contributed by atoms with Crippen LogP contribution < -0.4 is 5.69 Å². The molecule has 1 aromatic heterocycles. The molecule has 0 unspecified atom stereocenters. The zero-order valence-electron chi connectivity index (χ0n) is 12.4. The minimum absolute atomic E-state index is 0.130. The van der Waals surface area contributed by atoms with Crippen molar-refractivity contribution < 1.29 is 14.6 Å². The molecule has 0 saturated carbocycles. The van der Waals surface area contributed by atoms with E-state index < -0.39 is 6.10 Å². The van der Waals surface area contributed by atoms with Gasteiger partial charge in [0.2, 0.25) is 0 Å². The van der Waals surface area contributed by atoms with E-state index in [1.165, 1.54) is 0 Å². The topological polar surface area (TPSA) is 87.6 Å². The largest absolute Gasteiger partial charge is 0.389 e. The molecule has 118 valence electrons. The molecule has 2 heterocycles. The van der Waals surface area contributed by atoms with E-state index in [4.69, 9.17) is 4.74 Å². The number of ether oxygens (including phenoxy) is 1. The lowest BCUT2D eigenvalue weighted by Gasteiger charge is -2.35. The Balaban J connectivity index is 1.85. The van der Waals surface area contributed by atoms with Crippen LogP contribution in [-0.2, 0) is 11.3 Å². The molecule has 1 fully saturated rings. The SMILES string of the molecule is CCOCCn1c(=O)[nH]c2cc(C(=O)N3CC(O)C3)ccc21. The number of aliphatic hydroxyl groups is 1. The molecule has 2 N–H and O–H groups in total. The molecule has 0 atom stereocenters. The van der Waals surface area contributed by atoms with Crippen molar-refractivity contribution in [1.29, 1.82) is 0 Å². The lowest BCUT2D eigenvalue weighted by molar-refractivity contribution is 0.00590. The van der Waals surface area contributed by atoms with E-state index in [1.54, 1.807) is 27.7 Å². The summed E-state index contributed by atoms with van der Waals surface area (Å²) in [5, 5.41) is 9.27. The number of β-amino-alcohol motifs (C(OH)–C–C–N with tert-alkyl or cyclic N) is 1. The first kappa shape index (κ1) is 14.8. The number of hydrogen-bond acceptors (Lipinski definition) is 4. The molecule has 3 rings (SSSR count). The van der Waals surface area contributed by atoms with Gasteiger partial charge in [0.05, 0.1) is 30.3 Å². The van der Waals surface area contributed by atoms with Gasteiger partial charge in [0.15, 0.2) is 0 Å². The van der Waals surface area contributed by atoms with Crippen molar-refractivity contribution in [2.45, 2.75) is 19.6 Å².